The van der Waals surface area contributed by atoms with Gasteiger partial charge in [-0.15, -0.1) is 0 Å². The van der Waals surface area contributed by atoms with Gasteiger partial charge in [0, 0.05) is 19.0 Å². The number of fused-ring (bicyclic) bond motifs is 1. The number of hydrogen-bond acceptors (Lipinski definition) is 3. The summed E-state index contributed by atoms with van der Waals surface area (Å²) in [5.74, 6) is -2.49. The summed E-state index contributed by atoms with van der Waals surface area (Å²) in [6.45, 7) is 0.222. The van der Waals surface area contributed by atoms with Crippen LogP contribution in [-0.4, -0.2) is 22.8 Å². The van der Waals surface area contributed by atoms with E-state index in [1.165, 1.54) is 17.2 Å². The zero-order valence-corrected chi connectivity index (χ0v) is 14.7. The Kier molecular flexibility index (Phi) is 4.65. The molecule has 0 radical (unpaired) electrons. The van der Waals surface area contributed by atoms with Crippen LogP contribution in [0.15, 0.2) is 65.3 Å². The van der Waals surface area contributed by atoms with Crippen LogP contribution in [-0.2, 0) is 17.8 Å². The second-order valence-corrected chi connectivity index (χ2v) is 6.51. The van der Waals surface area contributed by atoms with E-state index in [1.54, 1.807) is 6.07 Å². The summed E-state index contributed by atoms with van der Waals surface area (Å²) in [4.78, 5) is 27.2. The predicted molar refractivity (Wildman–Crippen MR) is 97.5 cm³/mol. The van der Waals surface area contributed by atoms with E-state index in [9.17, 15) is 18.4 Å². The third-order valence-electron chi connectivity index (χ3n) is 4.73. The summed E-state index contributed by atoms with van der Waals surface area (Å²) < 4.78 is 32.3. The lowest BCUT2D eigenvalue weighted by Gasteiger charge is -2.35. The molecule has 0 fully saturated rings. The Balaban J connectivity index is 1.65. The minimum absolute atomic E-state index is 0.116. The number of anilines is 1. The number of hydrogen-bond donors (Lipinski definition) is 1. The fraction of sp³-hybridized carbons (Fsp3) is 0.143. The molecule has 0 unspecified atom stereocenters. The van der Waals surface area contributed by atoms with E-state index in [-0.39, 0.29) is 24.4 Å². The Morgan fingerprint density at radius 2 is 1.82 bits per heavy atom. The van der Waals surface area contributed by atoms with Crippen molar-refractivity contribution in [2.75, 3.05) is 5.32 Å². The number of furan rings is 1. The fourth-order valence-corrected chi connectivity index (χ4v) is 3.32. The van der Waals surface area contributed by atoms with Crippen LogP contribution >= 0.6 is 0 Å². The van der Waals surface area contributed by atoms with Gasteiger partial charge in [-0.25, -0.2) is 8.78 Å². The summed E-state index contributed by atoms with van der Waals surface area (Å²) in [7, 11) is 0. The standard InChI is InChI=1S/C21H16F2N2O3/c22-15-7-8-17(16(23)11-15)24-20(26)18-10-13-4-1-2-5-14(13)12-25(18)21(27)19-6-3-9-28-19/h1-9,11,18H,10,12H2,(H,24,26)/t18-/m1/s1. The largest absolute Gasteiger partial charge is 0.459 e. The molecule has 1 aliphatic heterocycles. The Hall–Kier alpha value is -3.48. The number of carbonyl (C=O) groups excluding carboxylic acids is 2. The van der Waals surface area contributed by atoms with Gasteiger partial charge < -0.3 is 14.6 Å². The van der Waals surface area contributed by atoms with Gasteiger partial charge in [0.1, 0.15) is 17.7 Å². The number of nitrogens with zero attached hydrogens (tertiary/aromatic N) is 1. The maximum absolute atomic E-state index is 13.9. The average molecular weight is 382 g/mol. The van der Waals surface area contributed by atoms with Crippen molar-refractivity contribution in [3.63, 3.8) is 0 Å². The molecule has 0 bridgehead atoms. The van der Waals surface area contributed by atoms with Crippen LogP contribution in [0.3, 0.4) is 0 Å². The van der Waals surface area contributed by atoms with Gasteiger partial charge in [-0.3, -0.25) is 9.59 Å². The molecule has 0 spiro atoms. The molecule has 1 aliphatic rings. The summed E-state index contributed by atoms with van der Waals surface area (Å²) in [5, 5.41) is 2.46. The zero-order chi connectivity index (χ0) is 19.7. The number of halogens is 2. The van der Waals surface area contributed by atoms with Crippen LogP contribution in [0.4, 0.5) is 14.5 Å². The molecule has 0 saturated heterocycles. The summed E-state index contributed by atoms with van der Waals surface area (Å²) >= 11 is 0. The van der Waals surface area contributed by atoms with Crippen molar-refractivity contribution in [3.8, 4) is 0 Å². The molecule has 142 valence electrons. The molecule has 5 nitrogen and oxygen atoms in total. The molecule has 0 saturated carbocycles. The number of carbonyl (C=O) groups is 2. The van der Waals surface area contributed by atoms with Gasteiger partial charge in [-0.1, -0.05) is 24.3 Å². The molecule has 3 aromatic rings. The van der Waals surface area contributed by atoms with Crippen LogP contribution in [0.2, 0.25) is 0 Å². The molecule has 1 atom stereocenters. The Bertz CT molecular complexity index is 1030. The normalized spacial score (nSPS) is 15.8. The summed E-state index contributed by atoms with van der Waals surface area (Å²) in [6.07, 6.45) is 1.66. The number of rotatable bonds is 3. The van der Waals surface area contributed by atoms with Crippen LogP contribution in [0, 0.1) is 11.6 Å². The number of nitrogens with one attached hydrogen (secondary N) is 1. The van der Waals surface area contributed by atoms with Crippen LogP contribution in [0.1, 0.15) is 21.7 Å². The van der Waals surface area contributed by atoms with Crippen molar-refractivity contribution in [2.24, 2.45) is 0 Å². The second-order valence-electron chi connectivity index (χ2n) is 6.51. The van der Waals surface area contributed by atoms with Gasteiger partial charge in [-0.2, -0.15) is 0 Å². The van der Waals surface area contributed by atoms with E-state index in [4.69, 9.17) is 4.42 Å². The highest BCUT2D eigenvalue weighted by molar-refractivity contribution is 6.00. The smallest absolute Gasteiger partial charge is 0.290 e. The maximum Gasteiger partial charge on any atom is 0.290 e. The molecule has 2 amide bonds. The molecule has 4 rings (SSSR count). The Labute approximate surface area is 159 Å². The SMILES string of the molecule is O=C(Nc1ccc(F)cc1F)[C@H]1Cc2ccccc2CN1C(=O)c1ccco1. The molecule has 28 heavy (non-hydrogen) atoms. The van der Waals surface area contributed by atoms with Gasteiger partial charge in [-0.05, 0) is 35.4 Å². The lowest BCUT2D eigenvalue weighted by atomic mass is 9.93. The molecule has 1 aromatic heterocycles. The van der Waals surface area contributed by atoms with Crippen molar-refractivity contribution in [2.45, 2.75) is 19.0 Å². The first kappa shape index (κ1) is 17.9. The highest BCUT2D eigenvalue weighted by Gasteiger charge is 2.36. The van der Waals surface area contributed by atoms with E-state index in [0.29, 0.717) is 6.07 Å². The number of amides is 2. The highest BCUT2D eigenvalue weighted by Crippen LogP contribution is 2.26. The van der Waals surface area contributed by atoms with Crippen molar-refractivity contribution in [1.29, 1.82) is 0 Å². The fourth-order valence-electron chi connectivity index (χ4n) is 3.32. The topological polar surface area (TPSA) is 62.6 Å². The van der Waals surface area contributed by atoms with Gasteiger partial charge in [0.25, 0.3) is 5.91 Å². The van der Waals surface area contributed by atoms with Crippen LogP contribution < -0.4 is 5.32 Å². The molecule has 0 aliphatic carbocycles. The third-order valence-corrected chi connectivity index (χ3v) is 4.73. The highest BCUT2D eigenvalue weighted by atomic mass is 19.1. The molecular weight excluding hydrogens is 366 g/mol. The molecule has 7 heteroatoms. The van der Waals surface area contributed by atoms with E-state index >= 15 is 0 Å². The van der Waals surface area contributed by atoms with E-state index in [1.807, 2.05) is 24.3 Å². The van der Waals surface area contributed by atoms with E-state index in [0.717, 1.165) is 23.3 Å². The lowest BCUT2D eigenvalue weighted by Crippen LogP contribution is -2.50. The third kappa shape index (κ3) is 3.38. The van der Waals surface area contributed by atoms with Crippen molar-refractivity contribution < 1.29 is 22.8 Å². The minimum atomic E-state index is -0.881. The van der Waals surface area contributed by atoms with Crippen LogP contribution in [0.5, 0.6) is 0 Å². The second kappa shape index (κ2) is 7.26. The first-order chi connectivity index (χ1) is 13.5. The molecule has 1 N–H and O–H groups in total. The van der Waals surface area contributed by atoms with E-state index < -0.39 is 29.5 Å². The lowest BCUT2D eigenvalue weighted by molar-refractivity contribution is -0.121. The number of benzene rings is 2. The maximum atomic E-state index is 13.9. The van der Waals surface area contributed by atoms with Gasteiger partial charge >= 0.3 is 0 Å². The predicted octanol–water partition coefficient (Wildman–Crippen LogP) is 3.76. The quantitative estimate of drug-likeness (QED) is 0.750. The Morgan fingerprint density at radius 1 is 1.04 bits per heavy atom. The molecule has 2 aromatic carbocycles. The Morgan fingerprint density at radius 3 is 2.54 bits per heavy atom. The van der Waals surface area contributed by atoms with Gasteiger partial charge in [0.05, 0.1) is 12.0 Å². The zero-order valence-electron chi connectivity index (χ0n) is 14.7. The van der Waals surface area contributed by atoms with Crippen LogP contribution in [0.25, 0.3) is 0 Å². The first-order valence-corrected chi connectivity index (χ1v) is 8.70. The first-order valence-electron chi connectivity index (χ1n) is 8.70. The van der Waals surface area contributed by atoms with Crippen molar-refractivity contribution in [3.05, 3.63) is 89.4 Å². The molecular formula is C21H16F2N2O3. The van der Waals surface area contributed by atoms with Crippen molar-refractivity contribution in [1.82, 2.24) is 4.90 Å². The summed E-state index contributed by atoms with van der Waals surface area (Å²) in [5.41, 5.74) is 1.72. The van der Waals surface area contributed by atoms with Gasteiger partial charge in [0.15, 0.2) is 5.76 Å². The summed E-state index contributed by atoms with van der Waals surface area (Å²) in [6, 6.07) is 12.7. The minimum Gasteiger partial charge on any atom is -0.459 e. The van der Waals surface area contributed by atoms with E-state index in [2.05, 4.69) is 5.32 Å². The average Bonchev–Trinajstić information content (AvgIpc) is 3.23. The van der Waals surface area contributed by atoms with Crippen molar-refractivity contribution >= 4 is 17.5 Å². The molecule has 2 heterocycles. The monoisotopic (exact) mass is 382 g/mol. The van der Waals surface area contributed by atoms with Gasteiger partial charge in [0.2, 0.25) is 5.91 Å².